The lowest BCUT2D eigenvalue weighted by molar-refractivity contribution is 0.471. The summed E-state index contributed by atoms with van der Waals surface area (Å²) in [5.41, 5.74) is 4.44. The summed E-state index contributed by atoms with van der Waals surface area (Å²) in [5, 5.41) is 10.0. The lowest BCUT2D eigenvalue weighted by atomic mass is 10.1. The van der Waals surface area contributed by atoms with E-state index < -0.39 is 0 Å². The Kier molecular flexibility index (Phi) is 4.09. The molecule has 0 aliphatic heterocycles. The maximum atomic E-state index is 4.32. The minimum atomic E-state index is 0.333. The molecule has 2 unspecified atom stereocenters. The van der Waals surface area contributed by atoms with Crippen molar-refractivity contribution >= 4 is 22.7 Å². The van der Waals surface area contributed by atoms with Crippen LogP contribution in [0.4, 0.5) is 0 Å². The average molecular weight is 252 g/mol. The van der Waals surface area contributed by atoms with Gasteiger partial charge in [0.15, 0.2) is 0 Å². The van der Waals surface area contributed by atoms with E-state index in [2.05, 4.69) is 46.4 Å². The van der Waals surface area contributed by atoms with E-state index in [0.29, 0.717) is 12.1 Å². The molecule has 0 radical (unpaired) electrons. The van der Waals surface area contributed by atoms with Gasteiger partial charge in [0.05, 0.1) is 11.2 Å². The van der Waals surface area contributed by atoms with E-state index in [1.54, 1.807) is 22.7 Å². The van der Waals surface area contributed by atoms with Crippen molar-refractivity contribution in [2.24, 2.45) is 0 Å². The Morgan fingerprint density at radius 1 is 1.31 bits per heavy atom. The lowest BCUT2D eigenvalue weighted by Crippen LogP contribution is -2.30. The van der Waals surface area contributed by atoms with Crippen molar-refractivity contribution in [1.29, 1.82) is 0 Å². The molecule has 2 heterocycles. The molecule has 4 heteroatoms. The van der Waals surface area contributed by atoms with Crippen LogP contribution in [-0.4, -0.2) is 11.0 Å². The molecule has 2 rings (SSSR count). The number of nitrogens with zero attached hydrogens (tertiary/aromatic N) is 1. The van der Waals surface area contributed by atoms with Gasteiger partial charge in [0.1, 0.15) is 0 Å². The van der Waals surface area contributed by atoms with Crippen molar-refractivity contribution < 1.29 is 0 Å². The van der Waals surface area contributed by atoms with Crippen molar-refractivity contribution in [3.05, 3.63) is 39.0 Å². The third kappa shape index (κ3) is 3.14. The zero-order valence-electron chi connectivity index (χ0n) is 9.51. The second-order valence-corrected chi connectivity index (χ2v) is 5.54. The van der Waals surface area contributed by atoms with Crippen molar-refractivity contribution in [2.75, 3.05) is 0 Å². The fourth-order valence-corrected chi connectivity index (χ4v) is 3.10. The van der Waals surface area contributed by atoms with Crippen molar-refractivity contribution in [3.8, 4) is 0 Å². The molecule has 2 atom stereocenters. The smallest absolute Gasteiger partial charge is 0.0795 e. The van der Waals surface area contributed by atoms with Gasteiger partial charge in [-0.3, -0.25) is 0 Å². The second kappa shape index (κ2) is 5.57. The van der Waals surface area contributed by atoms with Crippen LogP contribution in [0.25, 0.3) is 0 Å². The maximum Gasteiger partial charge on any atom is 0.0795 e. The van der Waals surface area contributed by atoms with E-state index in [1.807, 2.05) is 5.51 Å². The third-order valence-corrected chi connectivity index (χ3v) is 3.89. The molecular weight excluding hydrogens is 236 g/mol. The Morgan fingerprint density at radius 2 is 2.19 bits per heavy atom. The van der Waals surface area contributed by atoms with Gasteiger partial charge in [-0.25, -0.2) is 4.98 Å². The topological polar surface area (TPSA) is 24.9 Å². The van der Waals surface area contributed by atoms with Gasteiger partial charge in [-0.1, -0.05) is 0 Å². The highest BCUT2D eigenvalue weighted by atomic mass is 32.1. The molecular formula is C12H16N2S2. The summed E-state index contributed by atoms with van der Waals surface area (Å²) in [6, 6.07) is 3.00. The van der Waals surface area contributed by atoms with Gasteiger partial charge in [0.25, 0.3) is 0 Å². The van der Waals surface area contributed by atoms with E-state index in [1.165, 1.54) is 5.56 Å². The number of aromatic nitrogens is 1. The first-order valence-corrected chi connectivity index (χ1v) is 7.29. The highest BCUT2D eigenvalue weighted by Gasteiger charge is 2.11. The van der Waals surface area contributed by atoms with Crippen LogP contribution >= 0.6 is 22.7 Å². The minimum Gasteiger partial charge on any atom is -0.306 e. The summed E-state index contributed by atoms with van der Waals surface area (Å²) in [7, 11) is 0. The minimum absolute atomic E-state index is 0.333. The molecule has 1 N–H and O–H groups in total. The standard InChI is InChI=1S/C12H16N2S2/c1-9(5-11-3-4-15-6-11)14-10(2)12-7-16-8-13-12/h3-4,6-10,14H,5H2,1-2H3. The van der Waals surface area contributed by atoms with Crippen LogP contribution in [0.2, 0.25) is 0 Å². The van der Waals surface area contributed by atoms with Crippen LogP contribution < -0.4 is 5.32 Å². The van der Waals surface area contributed by atoms with Gasteiger partial charge in [-0.15, -0.1) is 11.3 Å². The molecule has 0 bridgehead atoms. The number of thiazole rings is 1. The first-order chi connectivity index (χ1) is 7.75. The van der Waals surface area contributed by atoms with Crippen molar-refractivity contribution in [2.45, 2.75) is 32.4 Å². The third-order valence-electron chi connectivity index (χ3n) is 2.55. The van der Waals surface area contributed by atoms with Crippen LogP contribution in [0.15, 0.2) is 27.7 Å². The van der Waals surface area contributed by atoms with Gasteiger partial charge >= 0.3 is 0 Å². The predicted octanol–water partition coefficient (Wildman–Crippen LogP) is 3.49. The van der Waals surface area contributed by atoms with Crippen LogP contribution in [-0.2, 0) is 6.42 Å². The molecule has 0 saturated carbocycles. The van der Waals surface area contributed by atoms with Gasteiger partial charge in [-0.2, -0.15) is 11.3 Å². The second-order valence-electron chi connectivity index (χ2n) is 4.04. The zero-order valence-corrected chi connectivity index (χ0v) is 11.1. The maximum absolute atomic E-state index is 4.32. The van der Waals surface area contributed by atoms with Gasteiger partial charge in [0, 0.05) is 17.5 Å². The van der Waals surface area contributed by atoms with Gasteiger partial charge in [0.2, 0.25) is 0 Å². The van der Waals surface area contributed by atoms with Crippen LogP contribution in [0.1, 0.15) is 31.1 Å². The fourth-order valence-electron chi connectivity index (χ4n) is 1.77. The van der Waals surface area contributed by atoms with Crippen LogP contribution in [0.5, 0.6) is 0 Å². The quantitative estimate of drug-likeness (QED) is 0.881. The summed E-state index contributed by atoms with van der Waals surface area (Å²) in [5.74, 6) is 0. The fraction of sp³-hybridized carbons (Fsp3) is 0.417. The van der Waals surface area contributed by atoms with Crippen LogP contribution in [0, 0.1) is 0 Å². The Labute approximate surface area is 104 Å². The molecule has 2 nitrogen and oxygen atoms in total. The highest BCUT2D eigenvalue weighted by Crippen LogP contribution is 2.14. The summed E-state index contributed by atoms with van der Waals surface area (Å²) < 4.78 is 0. The van der Waals surface area contributed by atoms with Gasteiger partial charge in [-0.05, 0) is 42.7 Å². The van der Waals surface area contributed by atoms with E-state index in [-0.39, 0.29) is 0 Å². The first kappa shape index (κ1) is 11.8. The lowest BCUT2D eigenvalue weighted by Gasteiger charge is -2.18. The zero-order chi connectivity index (χ0) is 11.4. The molecule has 0 aliphatic carbocycles. The number of thiophene rings is 1. The largest absolute Gasteiger partial charge is 0.306 e. The average Bonchev–Trinajstić information content (AvgIpc) is 2.88. The molecule has 2 aromatic rings. The molecule has 0 fully saturated rings. The number of hydrogen-bond donors (Lipinski definition) is 1. The summed E-state index contributed by atoms with van der Waals surface area (Å²) in [6.45, 7) is 4.39. The van der Waals surface area contributed by atoms with E-state index in [4.69, 9.17) is 0 Å². The molecule has 86 valence electrons. The summed E-state index contributed by atoms with van der Waals surface area (Å²) in [4.78, 5) is 4.32. The normalized spacial score (nSPS) is 14.9. The Morgan fingerprint density at radius 3 is 2.81 bits per heavy atom. The predicted molar refractivity (Wildman–Crippen MR) is 71.1 cm³/mol. The molecule has 16 heavy (non-hydrogen) atoms. The van der Waals surface area contributed by atoms with Crippen molar-refractivity contribution in [1.82, 2.24) is 10.3 Å². The molecule has 2 aromatic heterocycles. The summed E-state index contributed by atoms with van der Waals surface area (Å²) in [6.07, 6.45) is 1.08. The summed E-state index contributed by atoms with van der Waals surface area (Å²) >= 11 is 3.41. The highest BCUT2D eigenvalue weighted by molar-refractivity contribution is 7.08. The number of hydrogen-bond acceptors (Lipinski definition) is 4. The first-order valence-electron chi connectivity index (χ1n) is 5.41. The van der Waals surface area contributed by atoms with E-state index >= 15 is 0 Å². The molecule has 0 amide bonds. The van der Waals surface area contributed by atoms with E-state index in [0.717, 1.165) is 12.1 Å². The number of rotatable bonds is 5. The SMILES string of the molecule is CC(Cc1ccsc1)NC(C)c1cscn1. The van der Waals surface area contributed by atoms with Crippen LogP contribution in [0.3, 0.4) is 0 Å². The molecule has 0 saturated heterocycles. The Hall–Kier alpha value is -0.710. The number of nitrogens with one attached hydrogen (secondary N) is 1. The molecule has 0 spiro atoms. The Bertz CT molecular complexity index is 395. The molecule has 0 aliphatic rings. The monoisotopic (exact) mass is 252 g/mol. The van der Waals surface area contributed by atoms with E-state index in [9.17, 15) is 0 Å². The van der Waals surface area contributed by atoms with Gasteiger partial charge < -0.3 is 5.32 Å². The molecule has 0 aromatic carbocycles. The Balaban J connectivity index is 1.85. The van der Waals surface area contributed by atoms with Crippen molar-refractivity contribution in [3.63, 3.8) is 0 Å².